The third kappa shape index (κ3) is 2.28. The van der Waals surface area contributed by atoms with Gasteiger partial charge in [-0.3, -0.25) is 0 Å². The Morgan fingerprint density at radius 2 is 2.08 bits per heavy atom. The van der Waals surface area contributed by atoms with Crippen molar-refractivity contribution in [3.05, 3.63) is 35.4 Å². The van der Waals surface area contributed by atoms with Gasteiger partial charge in [-0.05, 0) is 24.6 Å². The minimum atomic E-state index is -0.124. The first-order valence-electron chi connectivity index (χ1n) is 4.24. The molecule has 1 atom stereocenters. The summed E-state index contributed by atoms with van der Waals surface area (Å²) in [6.45, 7) is 0.543. The summed E-state index contributed by atoms with van der Waals surface area (Å²) in [6, 6.07) is 9.35. The average molecular weight is 175 g/mol. The molecule has 1 aromatic carbocycles. The smallest absolute Gasteiger partial charge is 0.0995 e. The number of benzene rings is 1. The van der Waals surface area contributed by atoms with Crippen LogP contribution in [0.2, 0.25) is 0 Å². The van der Waals surface area contributed by atoms with Crippen molar-refractivity contribution in [2.75, 3.05) is 6.54 Å². The summed E-state index contributed by atoms with van der Waals surface area (Å²) < 4.78 is 0. The molecule has 0 saturated heterocycles. The lowest BCUT2D eigenvalue weighted by atomic mass is 9.99. The van der Waals surface area contributed by atoms with Crippen LogP contribution in [-0.2, 0) is 0 Å². The molecular weight excluding hydrogens is 162 g/mol. The minimum Gasteiger partial charge on any atom is -0.330 e. The molecule has 0 aliphatic carbocycles. The Hall–Kier alpha value is -1.37. The summed E-state index contributed by atoms with van der Waals surface area (Å²) in [4.78, 5) is 0. The Labute approximate surface area is 78.0 Å². The van der Waals surface area contributed by atoms with Crippen LogP contribution in [0.4, 0.5) is 0 Å². The third-order valence-corrected chi connectivity index (χ3v) is 1.96. The number of hydrogen-bond donors (Lipinski definition) is 2. The standard InChI is InChI=1S/C10H13N3/c11-6-5-10(13)9-4-2-1-3-8(9)7-12/h1-4,10H,5-6,11,13H2/t10-/m0/s1. The molecule has 0 unspecified atom stereocenters. The van der Waals surface area contributed by atoms with Crippen molar-refractivity contribution in [2.45, 2.75) is 12.5 Å². The molecule has 0 amide bonds. The van der Waals surface area contributed by atoms with Gasteiger partial charge in [0, 0.05) is 6.04 Å². The molecule has 0 radical (unpaired) electrons. The van der Waals surface area contributed by atoms with Crippen LogP contribution in [0.5, 0.6) is 0 Å². The highest BCUT2D eigenvalue weighted by Crippen LogP contribution is 2.17. The van der Waals surface area contributed by atoms with Crippen molar-refractivity contribution >= 4 is 0 Å². The normalized spacial score (nSPS) is 12.1. The minimum absolute atomic E-state index is 0.124. The quantitative estimate of drug-likeness (QED) is 0.716. The predicted octanol–water partition coefficient (Wildman–Crippen LogP) is 0.907. The molecule has 0 saturated carbocycles. The largest absolute Gasteiger partial charge is 0.330 e. The van der Waals surface area contributed by atoms with Gasteiger partial charge >= 0.3 is 0 Å². The summed E-state index contributed by atoms with van der Waals surface area (Å²) in [5.41, 5.74) is 12.8. The van der Waals surface area contributed by atoms with Crippen molar-refractivity contribution in [1.29, 1.82) is 5.26 Å². The van der Waals surface area contributed by atoms with E-state index in [9.17, 15) is 0 Å². The van der Waals surface area contributed by atoms with E-state index in [0.717, 1.165) is 5.56 Å². The summed E-state index contributed by atoms with van der Waals surface area (Å²) in [5, 5.41) is 8.80. The highest BCUT2D eigenvalue weighted by Gasteiger charge is 2.08. The zero-order chi connectivity index (χ0) is 9.68. The maximum absolute atomic E-state index is 8.80. The van der Waals surface area contributed by atoms with Crippen LogP contribution >= 0.6 is 0 Å². The highest BCUT2D eigenvalue weighted by molar-refractivity contribution is 5.39. The summed E-state index contributed by atoms with van der Waals surface area (Å²) >= 11 is 0. The molecular formula is C10H13N3. The van der Waals surface area contributed by atoms with E-state index in [-0.39, 0.29) is 6.04 Å². The van der Waals surface area contributed by atoms with Crippen LogP contribution in [0.3, 0.4) is 0 Å². The van der Waals surface area contributed by atoms with Gasteiger partial charge in [-0.15, -0.1) is 0 Å². The van der Waals surface area contributed by atoms with E-state index < -0.39 is 0 Å². The summed E-state index contributed by atoms with van der Waals surface area (Å²) in [6.07, 6.45) is 0.707. The molecule has 0 spiro atoms. The Morgan fingerprint density at radius 1 is 1.38 bits per heavy atom. The van der Waals surface area contributed by atoms with E-state index in [0.29, 0.717) is 18.5 Å². The average Bonchev–Trinajstić information content (AvgIpc) is 2.18. The van der Waals surface area contributed by atoms with Crippen LogP contribution in [0, 0.1) is 11.3 Å². The molecule has 0 fully saturated rings. The van der Waals surface area contributed by atoms with E-state index in [4.69, 9.17) is 16.7 Å². The van der Waals surface area contributed by atoms with Gasteiger partial charge in [-0.1, -0.05) is 18.2 Å². The second-order valence-corrected chi connectivity index (χ2v) is 2.88. The molecule has 1 aromatic rings. The van der Waals surface area contributed by atoms with Crippen molar-refractivity contribution in [2.24, 2.45) is 11.5 Å². The topological polar surface area (TPSA) is 75.8 Å². The van der Waals surface area contributed by atoms with Crippen LogP contribution in [0.15, 0.2) is 24.3 Å². The number of nitrogens with zero attached hydrogens (tertiary/aromatic N) is 1. The molecule has 13 heavy (non-hydrogen) atoms. The first-order chi connectivity index (χ1) is 6.29. The van der Waals surface area contributed by atoms with E-state index in [1.807, 2.05) is 18.2 Å². The fourth-order valence-corrected chi connectivity index (χ4v) is 1.26. The zero-order valence-electron chi connectivity index (χ0n) is 7.40. The number of nitriles is 1. The predicted molar refractivity (Wildman–Crippen MR) is 51.8 cm³/mol. The SMILES string of the molecule is N#Cc1ccccc1[C@@H](N)CCN. The molecule has 3 nitrogen and oxygen atoms in total. The van der Waals surface area contributed by atoms with E-state index in [2.05, 4.69) is 6.07 Å². The van der Waals surface area contributed by atoms with Crippen LogP contribution in [0.1, 0.15) is 23.6 Å². The summed E-state index contributed by atoms with van der Waals surface area (Å²) in [5.74, 6) is 0. The molecule has 4 N–H and O–H groups in total. The van der Waals surface area contributed by atoms with Crippen LogP contribution < -0.4 is 11.5 Å². The Morgan fingerprint density at radius 3 is 2.69 bits per heavy atom. The van der Waals surface area contributed by atoms with Gasteiger partial charge in [-0.25, -0.2) is 0 Å². The molecule has 3 heteroatoms. The fraction of sp³-hybridized carbons (Fsp3) is 0.300. The molecule has 0 heterocycles. The first-order valence-corrected chi connectivity index (χ1v) is 4.24. The highest BCUT2D eigenvalue weighted by atomic mass is 14.7. The van der Waals surface area contributed by atoms with E-state index in [1.165, 1.54) is 0 Å². The van der Waals surface area contributed by atoms with Gasteiger partial charge in [0.15, 0.2) is 0 Å². The van der Waals surface area contributed by atoms with Crippen LogP contribution in [0.25, 0.3) is 0 Å². The molecule has 1 rings (SSSR count). The number of hydrogen-bond acceptors (Lipinski definition) is 3. The molecule has 0 aliphatic rings. The van der Waals surface area contributed by atoms with Crippen LogP contribution in [-0.4, -0.2) is 6.54 Å². The number of nitrogens with two attached hydrogens (primary N) is 2. The lowest BCUT2D eigenvalue weighted by molar-refractivity contribution is 0.660. The second kappa shape index (κ2) is 4.61. The Balaban J connectivity index is 2.93. The molecule has 68 valence electrons. The lowest BCUT2D eigenvalue weighted by Gasteiger charge is -2.11. The van der Waals surface area contributed by atoms with Gasteiger partial charge in [0.25, 0.3) is 0 Å². The maximum Gasteiger partial charge on any atom is 0.0995 e. The van der Waals surface area contributed by atoms with Crippen molar-refractivity contribution < 1.29 is 0 Å². The molecule has 0 aliphatic heterocycles. The van der Waals surface area contributed by atoms with Crippen molar-refractivity contribution in [3.8, 4) is 6.07 Å². The monoisotopic (exact) mass is 175 g/mol. The van der Waals surface area contributed by atoms with Gasteiger partial charge in [0.1, 0.15) is 0 Å². The lowest BCUT2D eigenvalue weighted by Crippen LogP contribution is -2.16. The van der Waals surface area contributed by atoms with Crippen molar-refractivity contribution in [3.63, 3.8) is 0 Å². The fourth-order valence-electron chi connectivity index (χ4n) is 1.26. The first kappa shape index (κ1) is 9.72. The summed E-state index contributed by atoms with van der Waals surface area (Å²) in [7, 11) is 0. The van der Waals surface area contributed by atoms with E-state index in [1.54, 1.807) is 6.07 Å². The Kier molecular flexibility index (Phi) is 3.44. The zero-order valence-corrected chi connectivity index (χ0v) is 7.40. The molecule has 0 bridgehead atoms. The third-order valence-electron chi connectivity index (χ3n) is 1.96. The Bertz CT molecular complexity index is 314. The van der Waals surface area contributed by atoms with Crippen molar-refractivity contribution in [1.82, 2.24) is 0 Å². The van der Waals surface area contributed by atoms with Gasteiger partial charge in [0.2, 0.25) is 0 Å². The number of rotatable bonds is 3. The van der Waals surface area contributed by atoms with Gasteiger partial charge in [-0.2, -0.15) is 5.26 Å². The van der Waals surface area contributed by atoms with Gasteiger partial charge < -0.3 is 11.5 Å². The van der Waals surface area contributed by atoms with E-state index >= 15 is 0 Å². The second-order valence-electron chi connectivity index (χ2n) is 2.88. The maximum atomic E-state index is 8.80. The van der Waals surface area contributed by atoms with Gasteiger partial charge in [0.05, 0.1) is 11.6 Å². The molecule has 0 aromatic heterocycles.